The number of hydrogen-bond acceptors (Lipinski definition) is 4. The Labute approximate surface area is 236 Å². The summed E-state index contributed by atoms with van der Waals surface area (Å²) in [6.45, 7) is 15.5. The number of fused-ring (bicyclic) bond motifs is 1. The second-order valence-corrected chi connectivity index (χ2v) is 12.8. The van der Waals surface area contributed by atoms with Crippen molar-refractivity contribution in [2.45, 2.75) is 111 Å². The van der Waals surface area contributed by atoms with Crippen LogP contribution >= 0.6 is 0 Å². The first-order valence-corrected chi connectivity index (χ1v) is 14.1. The molecule has 0 aliphatic heterocycles. The molecule has 1 heterocycles. The quantitative estimate of drug-likeness (QED) is 0.173. The van der Waals surface area contributed by atoms with E-state index < -0.39 is 22.9 Å². The normalized spacial score (nSPS) is 13.1. The second kappa shape index (κ2) is 11.9. The van der Waals surface area contributed by atoms with E-state index in [1.165, 1.54) is 12.1 Å². The molecule has 220 valence electrons. The zero-order valence-corrected chi connectivity index (χ0v) is 25.1. The van der Waals surface area contributed by atoms with Crippen LogP contribution in [0, 0.1) is 5.41 Å². The first kappa shape index (κ1) is 31.6. The average molecular weight is 561 g/mol. The highest BCUT2D eigenvalue weighted by Gasteiger charge is 2.43. The van der Waals surface area contributed by atoms with Crippen molar-refractivity contribution >= 4 is 16.9 Å². The molecule has 0 unspecified atom stereocenters. The van der Waals surface area contributed by atoms with Gasteiger partial charge in [0.1, 0.15) is 28.3 Å². The van der Waals surface area contributed by atoms with Crippen molar-refractivity contribution in [2.24, 2.45) is 5.41 Å². The summed E-state index contributed by atoms with van der Waals surface area (Å²) in [5.74, 6) is 0.311. The summed E-state index contributed by atoms with van der Waals surface area (Å²) in [4.78, 5) is 12.5. The van der Waals surface area contributed by atoms with Gasteiger partial charge in [-0.15, -0.1) is 0 Å². The van der Waals surface area contributed by atoms with Crippen molar-refractivity contribution in [2.75, 3.05) is 0 Å². The molecule has 1 aromatic heterocycles. The Morgan fingerprint density at radius 1 is 0.875 bits per heavy atom. The summed E-state index contributed by atoms with van der Waals surface area (Å²) >= 11 is 0. The third kappa shape index (κ3) is 8.05. The Bertz CT molecular complexity index is 1310. The van der Waals surface area contributed by atoms with Crippen LogP contribution in [0.2, 0.25) is 0 Å². The van der Waals surface area contributed by atoms with E-state index in [4.69, 9.17) is 13.9 Å². The monoisotopic (exact) mass is 560 g/mol. The van der Waals surface area contributed by atoms with E-state index in [2.05, 4.69) is 27.7 Å². The molecule has 3 aromatic rings. The fraction of sp³-hybridized carbons (Fsp3) is 0.545. The van der Waals surface area contributed by atoms with Crippen molar-refractivity contribution in [1.82, 2.24) is 0 Å². The molecule has 7 heteroatoms. The van der Waals surface area contributed by atoms with Gasteiger partial charge in [0.05, 0.1) is 5.56 Å². The largest absolute Gasteiger partial charge is 0.484 e. The number of esters is 1. The van der Waals surface area contributed by atoms with Gasteiger partial charge in [-0.05, 0) is 82.2 Å². The van der Waals surface area contributed by atoms with Crippen LogP contribution < -0.4 is 4.74 Å². The lowest BCUT2D eigenvalue weighted by Crippen LogP contribution is -2.52. The highest BCUT2D eigenvalue weighted by Crippen LogP contribution is 2.41. The van der Waals surface area contributed by atoms with Crippen LogP contribution in [0.4, 0.5) is 13.2 Å². The molecular weight excluding hydrogens is 517 g/mol. The van der Waals surface area contributed by atoms with Crippen molar-refractivity contribution in [3.8, 4) is 17.1 Å². The molecule has 0 radical (unpaired) electrons. The van der Waals surface area contributed by atoms with E-state index in [9.17, 15) is 18.0 Å². The molecule has 0 amide bonds. The van der Waals surface area contributed by atoms with E-state index >= 15 is 0 Å². The number of carbonyl (C=O) groups is 1. The smallest absolute Gasteiger partial charge is 0.417 e. The molecule has 0 spiro atoms. The molecule has 0 aliphatic rings. The predicted octanol–water partition coefficient (Wildman–Crippen LogP) is 10.2. The average Bonchev–Trinajstić information content (AvgIpc) is 3.24. The van der Waals surface area contributed by atoms with Crippen LogP contribution in [-0.4, -0.2) is 17.2 Å². The minimum atomic E-state index is -4.51. The summed E-state index contributed by atoms with van der Waals surface area (Å²) in [5.41, 5.74) is -1.47. The molecule has 0 aliphatic carbocycles. The van der Waals surface area contributed by atoms with Crippen LogP contribution in [0.3, 0.4) is 0 Å². The van der Waals surface area contributed by atoms with E-state index in [0.717, 1.165) is 19.3 Å². The number of furan rings is 1. The Morgan fingerprint density at radius 3 is 2.20 bits per heavy atom. The van der Waals surface area contributed by atoms with Crippen LogP contribution in [0.5, 0.6) is 5.75 Å². The van der Waals surface area contributed by atoms with Crippen molar-refractivity contribution in [1.29, 1.82) is 0 Å². The highest BCUT2D eigenvalue weighted by molar-refractivity contribution is 5.84. The molecule has 0 bridgehead atoms. The fourth-order valence-corrected chi connectivity index (χ4v) is 4.34. The number of carbonyl (C=O) groups excluding carboxylic acids is 1. The lowest BCUT2D eigenvalue weighted by atomic mass is 9.88. The van der Waals surface area contributed by atoms with E-state index in [1.807, 2.05) is 13.8 Å². The molecule has 0 atom stereocenters. The Balaban J connectivity index is 1.84. The molecule has 0 saturated carbocycles. The number of ether oxygens (including phenoxy) is 2. The van der Waals surface area contributed by atoms with Crippen LogP contribution in [-0.2, 0) is 22.1 Å². The maximum Gasteiger partial charge on any atom is 0.417 e. The minimum Gasteiger partial charge on any atom is -0.484 e. The standard InChI is InChI=1S/C33H43F3O4/c1-9-10-11-12-22-13-16-25(26(19-22)33(34,35)36)28-20-23-14-15-24(21-27(23)38-28)39-31(5,6)32(7,8)40-29(37)17-18-30(2,3)4/h13-16,19-21H,9-12,17-18H2,1-8H3. The van der Waals surface area contributed by atoms with Crippen LogP contribution in [0.1, 0.15) is 98.6 Å². The molecule has 2 aromatic carbocycles. The molecule has 4 nitrogen and oxygen atoms in total. The summed E-state index contributed by atoms with van der Waals surface area (Å²) in [6.07, 6.45) is -0.0534. The van der Waals surface area contributed by atoms with Gasteiger partial charge in [0.2, 0.25) is 0 Å². The van der Waals surface area contributed by atoms with E-state index in [0.29, 0.717) is 41.5 Å². The van der Waals surface area contributed by atoms with Crippen molar-refractivity contribution < 1.29 is 31.9 Å². The third-order valence-corrected chi connectivity index (χ3v) is 7.49. The topological polar surface area (TPSA) is 48.7 Å². The number of rotatable bonds is 11. The molecular formula is C33H43F3O4. The van der Waals surface area contributed by atoms with E-state index in [-0.39, 0.29) is 22.7 Å². The van der Waals surface area contributed by atoms with Gasteiger partial charge >= 0.3 is 12.1 Å². The van der Waals surface area contributed by atoms with Gasteiger partial charge in [-0.25, -0.2) is 0 Å². The molecule has 40 heavy (non-hydrogen) atoms. The Hall–Kier alpha value is -2.96. The van der Waals surface area contributed by atoms with Gasteiger partial charge < -0.3 is 13.9 Å². The summed E-state index contributed by atoms with van der Waals surface area (Å²) in [5, 5.41) is 0.660. The molecule has 0 saturated heterocycles. The number of unbranched alkanes of at least 4 members (excludes halogenated alkanes) is 2. The van der Waals surface area contributed by atoms with Crippen molar-refractivity contribution in [3.63, 3.8) is 0 Å². The summed E-state index contributed by atoms with van der Waals surface area (Å²) < 4.78 is 60.1. The highest BCUT2D eigenvalue weighted by atomic mass is 19.4. The number of alkyl halides is 3. The Kier molecular flexibility index (Phi) is 9.37. The lowest BCUT2D eigenvalue weighted by molar-refractivity contribution is -0.177. The molecule has 0 N–H and O–H groups in total. The Morgan fingerprint density at radius 2 is 1.57 bits per heavy atom. The van der Waals surface area contributed by atoms with Gasteiger partial charge in [0.15, 0.2) is 0 Å². The predicted molar refractivity (Wildman–Crippen MR) is 153 cm³/mol. The zero-order chi connectivity index (χ0) is 29.9. The van der Waals surface area contributed by atoms with Gasteiger partial charge in [-0.2, -0.15) is 13.2 Å². The summed E-state index contributed by atoms with van der Waals surface area (Å²) in [7, 11) is 0. The van der Waals surface area contributed by atoms with Crippen molar-refractivity contribution in [3.05, 3.63) is 53.6 Å². The van der Waals surface area contributed by atoms with Gasteiger partial charge in [0.25, 0.3) is 0 Å². The number of halogens is 3. The first-order valence-electron chi connectivity index (χ1n) is 14.1. The van der Waals surface area contributed by atoms with Gasteiger partial charge in [0, 0.05) is 23.4 Å². The first-order chi connectivity index (χ1) is 18.4. The van der Waals surface area contributed by atoms with E-state index in [1.54, 1.807) is 44.2 Å². The van der Waals surface area contributed by atoms with Crippen LogP contribution in [0.25, 0.3) is 22.3 Å². The fourth-order valence-electron chi connectivity index (χ4n) is 4.34. The number of benzene rings is 2. The number of hydrogen-bond donors (Lipinski definition) is 0. The van der Waals surface area contributed by atoms with Gasteiger partial charge in [-0.3, -0.25) is 4.79 Å². The number of aryl methyl sites for hydroxylation is 1. The maximum absolute atomic E-state index is 14.0. The minimum absolute atomic E-state index is 0.00837. The zero-order valence-electron chi connectivity index (χ0n) is 25.1. The van der Waals surface area contributed by atoms with Crippen LogP contribution in [0.15, 0.2) is 46.9 Å². The molecule has 0 fully saturated rings. The lowest BCUT2D eigenvalue weighted by Gasteiger charge is -2.40. The third-order valence-electron chi connectivity index (χ3n) is 7.49. The second-order valence-electron chi connectivity index (χ2n) is 12.8. The SMILES string of the molecule is CCCCCc1ccc(-c2cc3ccc(OC(C)(C)C(C)(C)OC(=O)CCC(C)(C)C)cc3o2)c(C(F)(F)F)c1. The molecule has 3 rings (SSSR count). The maximum atomic E-state index is 14.0. The summed E-state index contributed by atoms with van der Waals surface area (Å²) in [6, 6.07) is 11.2. The van der Waals surface area contributed by atoms with Gasteiger partial charge in [-0.1, -0.05) is 52.7 Å².